The molecule has 3 aromatic rings. The summed E-state index contributed by atoms with van der Waals surface area (Å²) in [4.78, 5) is 10.1. The van der Waals surface area contributed by atoms with Gasteiger partial charge in [0.1, 0.15) is 12.7 Å². The van der Waals surface area contributed by atoms with Crippen molar-refractivity contribution in [1.82, 2.24) is 25.4 Å². The Morgan fingerprint density at radius 2 is 2.04 bits per heavy atom. The van der Waals surface area contributed by atoms with Crippen LogP contribution < -0.4 is 10.6 Å². The number of aliphatic imine (C=N–C) groups is 1. The Morgan fingerprint density at radius 3 is 2.68 bits per heavy atom. The maximum absolute atomic E-state index is 4.71. The van der Waals surface area contributed by atoms with Crippen LogP contribution >= 0.6 is 35.3 Å². The Morgan fingerprint density at radius 1 is 1.21 bits per heavy atom. The number of nitrogens with zero attached hydrogens (tertiary/aromatic N) is 4. The molecule has 1 atom stereocenters. The van der Waals surface area contributed by atoms with Crippen molar-refractivity contribution in [2.45, 2.75) is 26.8 Å². The molecule has 0 fully saturated rings. The summed E-state index contributed by atoms with van der Waals surface area (Å²) in [7, 11) is 0. The van der Waals surface area contributed by atoms with Crippen molar-refractivity contribution in [3.05, 3.63) is 64.9 Å². The van der Waals surface area contributed by atoms with E-state index >= 15 is 0 Å². The van der Waals surface area contributed by atoms with E-state index in [1.807, 2.05) is 23.5 Å². The first-order valence-corrected chi connectivity index (χ1v) is 10.1. The number of hydrogen-bond donors (Lipinski definition) is 2. The summed E-state index contributed by atoms with van der Waals surface area (Å²) < 4.78 is 1.74. The molecule has 1 aromatic carbocycles. The van der Waals surface area contributed by atoms with Gasteiger partial charge in [-0.1, -0.05) is 25.1 Å². The van der Waals surface area contributed by atoms with E-state index in [1.54, 1.807) is 11.0 Å². The van der Waals surface area contributed by atoms with Gasteiger partial charge in [-0.3, -0.25) is 0 Å². The van der Waals surface area contributed by atoms with Crippen molar-refractivity contribution in [3.63, 3.8) is 0 Å². The maximum Gasteiger partial charge on any atom is 0.191 e. The summed E-state index contributed by atoms with van der Waals surface area (Å²) in [6.07, 6.45) is 4.32. The Hall–Kier alpha value is -1.94. The van der Waals surface area contributed by atoms with Crippen LogP contribution in [0.2, 0.25) is 0 Å². The van der Waals surface area contributed by atoms with Gasteiger partial charge in [-0.15, -0.1) is 35.3 Å². The topological polar surface area (TPSA) is 67.1 Å². The highest BCUT2D eigenvalue weighted by atomic mass is 127. The third kappa shape index (κ3) is 6.90. The molecule has 3 rings (SSSR count). The molecule has 1 unspecified atom stereocenters. The first-order chi connectivity index (χ1) is 13.2. The van der Waals surface area contributed by atoms with Crippen molar-refractivity contribution in [1.29, 1.82) is 0 Å². The van der Waals surface area contributed by atoms with Gasteiger partial charge in [0.05, 0.1) is 12.2 Å². The minimum atomic E-state index is 0. The van der Waals surface area contributed by atoms with Crippen molar-refractivity contribution in [2.75, 3.05) is 13.1 Å². The minimum Gasteiger partial charge on any atom is -0.357 e. The fourth-order valence-corrected chi connectivity index (χ4v) is 3.59. The fraction of sp³-hybridized carbons (Fsp3) is 0.350. The van der Waals surface area contributed by atoms with Crippen molar-refractivity contribution >= 4 is 41.3 Å². The van der Waals surface area contributed by atoms with E-state index in [-0.39, 0.29) is 24.0 Å². The van der Waals surface area contributed by atoms with E-state index in [0.29, 0.717) is 12.5 Å². The van der Waals surface area contributed by atoms with Crippen molar-refractivity contribution in [3.8, 4) is 5.69 Å². The summed E-state index contributed by atoms with van der Waals surface area (Å²) in [5.41, 5.74) is 2.15. The molecule has 28 heavy (non-hydrogen) atoms. The lowest BCUT2D eigenvalue weighted by Crippen LogP contribution is -2.39. The highest BCUT2D eigenvalue weighted by Gasteiger charge is 2.06. The number of nitrogens with one attached hydrogen (secondary N) is 2. The van der Waals surface area contributed by atoms with Crippen molar-refractivity contribution < 1.29 is 0 Å². The third-order valence-corrected chi connectivity index (χ3v) is 5.03. The number of rotatable bonds is 8. The molecule has 6 nitrogen and oxygen atoms in total. The number of benzene rings is 1. The molecule has 0 bridgehead atoms. The average molecular weight is 510 g/mol. The van der Waals surface area contributed by atoms with Crippen LogP contribution in [0.3, 0.4) is 0 Å². The van der Waals surface area contributed by atoms with Gasteiger partial charge in [-0.2, -0.15) is 5.10 Å². The van der Waals surface area contributed by atoms with Crippen molar-refractivity contribution in [2.24, 2.45) is 10.9 Å². The van der Waals surface area contributed by atoms with E-state index in [9.17, 15) is 0 Å². The predicted molar refractivity (Wildman–Crippen MR) is 127 cm³/mol. The molecule has 2 heterocycles. The third-order valence-electron chi connectivity index (χ3n) is 4.13. The first kappa shape index (κ1) is 22.4. The monoisotopic (exact) mass is 510 g/mol. The zero-order valence-corrected chi connectivity index (χ0v) is 19.4. The fourth-order valence-electron chi connectivity index (χ4n) is 2.72. The molecule has 0 aliphatic carbocycles. The summed E-state index contributed by atoms with van der Waals surface area (Å²) in [6, 6.07) is 12.5. The number of guanidine groups is 1. The number of aromatic nitrogens is 3. The Labute approximate surface area is 187 Å². The van der Waals surface area contributed by atoms with Gasteiger partial charge >= 0.3 is 0 Å². The smallest absolute Gasteiger partial charge is 0.191 e. The average Bonchev–Trinajstić information content (AvgIpc) is 3.38. The summed E-state index contributed by atoms with van der Waals surface area (Å²) >= 11 is 1.82. The van der Waals surface area contributed by atoms with Gasteiger partial charge in [-0.25, -0.2) is 14.7 Å². The van der Waals surface area contributed by atoms with Gasteiger partial charge in [0.2, 0.25) is 0 Å². The summed E-state index contributed by atoms with van der Waals surface area (Å²) in [5, 5.41) is 13.1. The predicted octanol–water partition coefficient (Wildman–Crippen LogP) is 3.88. The molecule has 0 radical (unpaired) electrons. The zero-order chi connectivity index (χ0) is 18.9. The number of thiophene rings is 1. The van der Waals surface area contributed by atoms with Crippen LogP contribution in [0.4, 0.5) is 0 Å². The number of halogens is 1. The van der Waals surface area contributed by atoms with Crippen LogP contribution in [0.1, 0.15) is 24.3 Å². The van der Waals surface area contributed by atoms with E-state index < -0.39 is 0 Å². The highest BCUT2D eigenvalue weighted by Crippen LogP contribution is 2.14. The lowest BCUT2D eigenvalue weighted by molar-refractivity contribution is 0.562. The molecule has 2 N–H and O–H groups in total. The van der Waals surface area contributed by atoms with E-state index in [0.717, 1.165) is 36.7 Å². The minimum absolute atomic E-state index is 0. The quantitative estimate of drug-likeness (QED) is 0.274. The van der Waals surface area contributed by atoms with Crippen LogP contribution in [0, 0.1) is 5.92 Å². The molecule has 0 amide bonds. The second kappa shape index (κ2) is 11.8. The molecule has 0 aliphatic rings. The summed E-state index contributed by atoms with van der Waals surface area (Å²) in [6.45, 7) is 6.72. The Bertz CT molecular complexity index is 815. The molecule has 2 aromatic heterocycles. The molecule has 8 heteroatoms. The van der Waals surface area contributed by atoms with Crippen LogP contribution in [0.25, 0.3) is 5.69 Å². The van der Waals surface area contributed by atoms with E-state index in [4.69, 9.17) is 4.99 Å². The second-order valence-corrected chi connectivity index (χ2v) is 7.50. The lowest BCUT2D eigenvalue weighted by atomic mass is 10.1. The largest absolute Gasteiger partial charge is 0.357 e. The molecular weight excluding hydrogens is 483 g/mol. The zero-order valence-electron chi connectivity index (χ0n) is 16.2. The van der Waals surface area contributed by atoms with Crippen LogP contribution in [0.5, 0.6) is 0 Å². The first-order valence-electron chi connectivity index (χ1n) is 9.23. The Kier molecular flexibility index (Phi) is 9.42. The van der Waals surface area contributed by atoms with Crippen LogP contribution in [-0.4, -0.2) is 33.8 Å². The SMILES string of the molecule is CCNC(=NCc1ccc(-n2cncn2)cc1)NCC(C)Cc1cccs1.I. The molecule has 150 valence electrons. The molecule has 0 saturated carbocycles. The standard InChI is InChI=1S/C20H26N6S.HI/c1-3-22-20(23-12-16(2)11-19-5-4-10-27-19)24-13-17-6-8-18(9-7-17)26-15-21-14-25-26;/h4-10,14-16H,3,11-13H2,1-2H3,(H2,22,23,24);1H. The summed E-state index contributed by atoms with van der Waals surface area (Å²) in [5.74, 6) is 1.41. The van der Waals surface area contributed by atoms with Gasteiger partial charge in [-0.05, 0) is 48.4 Å². The van der Waals surface area contributed by atoms with Gasteiger partial charge in [0.25, 0.3) is 0 Å². The second-order valence-electron chi connectivity index (χ2n) is 6.47. The van der Waals surface area contributed by atoms with Crippen LogP contribution in [0.15, 0.2) is 59.4 Å². The van der Waals surface area contributed by atoms with Gasteiger partial charge < -0.3 is 10.6 Å². The molecule has 0 spiro atoms. The Balaban J connectivity index is 0.00000280. The molecule has 0 aliphatic heterocycles. The maximum atomic E-state index is 4.71. The van der Waals surface area contributed by atoms with E-state index in [1.165, 1.54) is 11.2 Å². The normalized spacial score (nSPS) is 12.3. The van der Waals surface area contributed by atoms with Gasteiger partial charge in [0.15, 0.2) is 5.96 Å². The molecular formula is C20H27IN6S. The number of hydrogen-bond acceptors (Lipinski definition) is 4. The van der Waals surface area contributed by atoms with Crippen LogP contribution in [-0.2, 0) is 13.0 Å². The van der Waals surface area contributed by atoms with E-state index in [2.05, 4.69) is 64.2 Å². The lowest BCUT2D eigenvalue weighted by Gasteiger charge is -2.15. The highest BCUT2D eigenvalue weighted by molar-refractivity contribution is 14.0. The molecule has 0 saturated heterocycles. The van der Waals surface area contributed by atoms with Gasteiger partial charge in [0, 0.05) is 18.0 Å².